The average molecular weight is 545 g/mol. The molecule has 0 bridgehead atoms. The average Bonchev–Trinajstić information content (AvgIpc) is 3.40. The van der Waals surface area contributed by atoms with E-state index < -0.39 is 0 Å². The number of phenolic OH excluding ortho intramolecular Hbond substituents is 1. The van der Waals surface area contributed by atoms with Gasteiger partial charge >= 0.3 is 0 Å². The Morgan fingerprint density at radius 2 is 1.79 bits per heavy atom. The second kappa shape index (κ2) is 12.4. The highest BCUT2D eigenvalue weighted by Crippen LogP contribution is 2.39. The first-order valence-corrected chi connectivity index (χ1v) is 14.1. The minimum absolute atomic E-state index is 0.107. The molecule has 2 aromatic carbocycles. The lowest BCUT2D eigenvalue weighted by atomic mass is 10.1. The first kappa shape index (κ1) is 26.8. The number of fused-ring (bicyclic) bond motifs is 1. The number of nitrogens with zero attached hydrogens (tertiary/aromatic N) is 3. The van der Waals surface area contributed by atoms with Crippen molar-refractivity contribution in [2.45, 2.75) is 39.2 Å². The van der Waals surface area contributed by atoms with Crippen molar-refractivity contribution < 1.29 is 19.4 Å². The molecule has 0 unspecified atom stereocenters. The van der Waals surface area contributed by atoms with Gasteiger partial charge in [-0.15, -0.1) is 11.3 Å². The van der Waals surface area contributed by atoms with Crippen LogP contribution in [0.25, 0.3) is 32.0 Å². The predicted molar refractivity (Wildman–Crippen MR) is 154 cm³/mol. The molecule has 1 amide bonds. The van der Waals surface area contributed by atoms with Crippen molar-refractivity contribution in [2.75, 3.05) is 31.2 Å². The van der Waals surface area contributed by atoms with Gasteiger partial charge in [0.1, 0.15) is 11.5 Å². The Bertz CT molecular complexity index is 1460. The Labute approximate surface area is 231 Å². The number of morpholine rings is 1. The Morgan fingerprint density at radius 1 is 1.00 bits per heavy atom. The van der Waals surface area contributed by atoms with Crippen LogP contribution in [-0.4, -0.2) is 53.1 Å². The number of rotatable bonds is 10. The molecule has 9 heteroatoms. The number of amides is 1. The van der Waals surface area contributed by atoms with Gasteiger partial charge in [-0.25, -0.2) is 9.97 Å². The van der Waals surface area contributed by atoms with E-state index in [0.717, 1.165) is 57.1 Å². The standard InChI is InChI=1S/C30H32N4O4S/c1-2-4-23(35)11-12-27(37)31-19-20-7-9-21(10-8-20)26-18-25-28(39-26)30(34-13-15-38-16-14-34)33-29(32-25)22-5-3-6-24(36)17-22/h3,5-10,17-18,36H,2,4,11-16,19H2,1H3,(H,31,37). The van der Waals surface area contributed by atoms with Crippen molar-refractivity contribution in [1.29, 1.82) is 0 Å². The van der Waals surface area contributed by atoms with Gasteiger partial charge in [-0.3, -0.25) is 9.59 Å². The van der Waals surface area contributed by atoms with E-state index >= 15 is 0 Å². The second-order valence-corrected chi connectivity index (χ2v) is 10.7. The van der Waals surface area contributed by atoms with E-state index in [1.54, 1.807) is 29.5 Å². The molecule has 1 fully saturated rings. The molecule has 2 N–H and O–H groups in total. The Kier molecular flexibility index (Phi) is 8.48. The summed E-state index contributed by atoms with van der Waals surface area (Å²) < 4.78 is 6.58. The number of anilines is 1. The van der Waals surface area contributed by atoms with E-state index in [2.05, 4.69) is 28.4 Å². The number of hydrogen-bond donors (Lipinski definition) is 2. The fourth-order valence-electron chi connectivity index (χ4n) is 4.55. The van der Waals surface area contributed by atoms with Crippen LogP contribution in [-0.2, 0) is 20.9 Å². The van der Waals surface area contributed by atoms with Crippen LogP contribution in [0.15, 0.2) is 54.6 Å². The normalized spacial score (nSPS) is 13.5. The number of carbonyl (C=O) groups is 2. The van der Waals surface area contributed by atoms with Crippen LogP contribution in [0, 0.1) is 0 Å². The highest BCUT2D eigenvalue weighted by molar-refractivity contribution is 7.22. The summed E-state index contributed by atoms with van der Waals surface area (Å²) in [4.78, 5) is 36.9. The molecular weight excluding hydrogens is 512 g/mol. The third-order valence-electron chi connectivity index (χ3n) is 6.66. The number of aromatic hydroxyl groups is 1. The number of nitrogens with one attached hydrogen (secondary N) is 1. The van der Waals surface area contributed by atoms with Gasteiger partial charge in [-0.2, -0.15) is 0 Å². The van der Waals surface area contributed by atoms with Crippen molar-refractivity contribution in [3.8, 4) is 27.6 Å². The Hall–Kier alpha value is -3.82. The van der Waals surface area contributed by atoms with Gasteiger partial charge in [0.05, 0.1) is 23.4 Å². The number of Topliss-reactive ketones (excluding diaryl/α,β-unsaturated/α-hetero) is 1. The van der Waals surface area contributed by atoms with Crippen LogP contribution in [0.3, 0.4) is 0 Å². The number of ether oxygens (including phenoxy) is 1. The molecule has 1 aliphatic heterocycles. The molecule has 2 aromatic heterocycles. The lowest BCUT2D eigenvalue weighted by Crippen LogP contribution is -2.36. The maximum absolute atomic E-state index is 12.1. The summed E-state index contributed by atoms with van der Waals surface area (Å²) in [5.41, 5.74) is 3.68. The predicted octanol–water partition coefficient (Wildman–Crippen LogP) is 5.33. The molecule has 1 saturated heterocycles. The minimum atomic E-state index is -0.107. The van der Waals surface area contributed by atoms with E-state index in [9.17, 15) is 14.7 Å². The summed E-state index contributed by atoms with van der Waals surface area (Å²) in [6.07, 6.45) is 1.87. The number of benzene rings is 2. The number of ketones is 1. The number of phenols is 1. The molecule has 5 rings (SSSR count). The van der Waals surface area contributed by atoms with Gasteiger partial charge in [0, 0.05) is 49.3 Å². The smallest absolute Gasteiger partial charge is 0.220 e. The number of aromatic nitrogens is 2. The molecule has 0 aliphatic carbocycles. The molecule has 8 nitrogen and oxygen atoms in total. The van der Waals surface area contributed by atoms with Crippen LogP contribution < -0.4 is 10.2 Å². The molecule has 0 atom stereocenters. The lowest BCUT2D eigenvalue weighted by Gasteiger charge is -2.28. The fraction of sp³-hybridized carbons (Fsp3) is 0.333. The maximum Gasteiger partial charge on any atom is 0.220 e. The zero-order chi connectivity index (χ0) is 27.2. The zero-order valence-electron chi connectivity index (χ0n) is 22.0. The SMILES string of the molecule is CCCC(=O)CCC(=O)NCc1ccc(-c2cc3nc(-c4cccc(O)c4)nc(N4CCOCC4)c3s2)cc1. The first-order valence-electron chi connectivity index (χ1n) is 13.3. The van der Waals surface area contributed by atoms with Crippen LogP contribution in [0.2, 0.25) is 0 Å². The molecule has 39 heavy (non-hydrogen) atoms. The molecule has 3 heterocycles. The summed E-state index contributed by atoms with van der Waals surface area (Å²) in [6.45, 7) is 5.20. The van der Waals surface area contributed by atoms with Gasteiger partial charge in [-0.05, 0) is 35.7 Å². The molecular formula is C30H32N4O4S. The third-order valence-corrected chi connectivity index (χ3v) is 7.83. The lowest BCUT2D eigenvalue weighted by molar-refractivity contribution is -0.125. The van der Waals surface area contributed by atoms with Crippen LogP contribution in [0.4, 0.5) is 5.82 Å². The van der Waals surface area contributed by atoms with Crippen molar-refractivity contribution in [1.82, 2.24) is 15.3 Å². The number of carbonyl (C=O) groups excluding carboxylic acids is 2. The summed E-state index contributed by atoms with van der Waals surface area (Å²) in [5, 5.41) is 12.9. The molecule has 4 aromatic rings. The topological polar surface area (TPSA) is 105 Å². The van der Waals surface area contributed by atoms with Crippen molar-refractivity contribution in [3.05, 3.63) is 60.2 Å². The monoisotopic (exact) mass is 544 g/mol. The zero-order valence-corrected chi connectivity index (χ0v) is 22.8. The minimum Gasteiger partial charge on any atom is -0.508 e. The maximum atomic E-state index is 12.1. The Balaban J connectivity index is 1.36. The molecule has 0 spiro atoms. The van der Waals surface area contributed by atoms with Crippen molar-refractivity contribution in [2.24, 2.45) is 0 Å². The van der Waals surface area contributed by atoms with Crippen molar-refractivity contribution in [3.63, 3.8) is 0 Å². The Morgan fingerprint density at radius 3 is 2.54 bits per heavy atom. The molecule has 202 valence electrons. The summed E-state index contributed by atoms with van der Waals surface area (Å²) in [7, 11) is 0. The molecule has 0 radical (unpaired) electrons. The second-order valence-electron chi connectivity index (χ2n) is 9.61. The van der Waals surface area contributed by atoms with E-state index in [1.165, 1.54) is 0 Å². The third kappa shape index (κ3) is 6.61. The van der Waals surface area contributed by atoms with E-state index in [4.69, 9.17) is 14.7 Å². The highest BCUT2D eigenvalue weighted by Gasteiger charge is 2.21. The van der Waals surface area contributed by atoms with Gasteiger partial charge in [0.15, 0.2) is 11.6 Å². The van der Waals surface area contributed by atoms with E-state index in [0.29, 0.717) is 38.4 Å². The van der Waals surface area contributed by atoms with Gasteiger partial charge in [-0.1, -0.05) is 43.3 Å². The van der Waals surface area contributed by atoms with Crippen molar-refractivity contribution >= 4 is 39.1 Å². The van der Waals surface area contributed by atoms with Gasteiger partial charge in [0.2, 0.25) is 5.91 Å². The number of hydrogen-bond acceptors (Lipinski definition) is 8. The quantitative estimate of drug-likeness (QED) is 0.278. The van der Waals surface area contributed by atoms with Crippen LogP contribution in [0.1, 0.15) is 38.2 Å². The first-order chi connectivity index (χ1) is 19.0. The van der Waals surface area contributed by atoms with E-state index in [1.807, 2.05) is 25.1 Å². The number of thiophene rings is 1. The highest BCUT2D eigenvalue weighted by atomic mass is 32.1. The largest absolute Gasteiger partial charge is 0.508 e. The summed E-state index contributed by atoms with van der Waals surface area (Å²) in [6, 6.07) is 17.2. The van der Waals surface area contributed by atoms with E-state index in [-0.39, 0.29) is 23.9 Å². The molecule has 1 aliphatic rings. The summed E-state index contributed by atoms with van der Waals surface area (Å²) >= 11 is 1.66. The van der Waals surface area contributed by atoms with Gasteiger partial charge in [0.25, 0.3) is 0 Å². The molecule has 0 saturated carbocycles. The van der Waals surface area contributed by atoms with Gasteiger partial charge < -0.3 is 20.1 Å². The van der Waals surface area contributed by atoms with Crippen LogP contribution in [0.5, 0.6) is 5.75 Å². The van der Waals surface area contributed by atoms with Crippen LogP contribution >= 0.6 is 11.3 Å². The fourth-order valence-corrected chi connectivity index (χ4v) is 5.67. The summed E-state index contributed by atoms with van der Waals surface area (Å²) in [5.74, 6) is 1.67.